The maximum absolute atomic E-state index is 13.0. The molecule has 0 spiro atoms. The number of piperazine rings is 1. The number of methoxy groups -OCH3 is 1. The quantitative estimate of drug-likeness (QED) is 0.371. The number of pyridine rings is 1. The van der Waals surface area contributed by atoms with E-state index in [0.29, 0.717) is 17.1 Å². The number of nitrogens with one attached hydrogen (secondary N) is 2. The minimum absolute atomic E-state index is 0.113. The SMILES string of the molecule is COCCN1CCN(c2ccc(NC(=O)C=Cc3cccc(NC(=O)c4cccc(C(F)(F)F)c4)c3)nc2)CC1. The monoisotopic (exact) mass is 553 g/mol. The molecule has 1 fully saturated rings. The van der Waals surface area contributed by atoms with Crippen molar-refractivity contribution in [3.8, 4) is 0 Å². The van der Waals surface area contributed by atoms with Gasteiger partial charge in [-0.25, -0.2) is 4.98 Å². The Morgan fingerprint density at radius 1 is 1.00 bits per heavy atom. The van der Waals surface area contributed by atoms with E-state index in [0.717, 1.165) is 57.2 Å². The van der Waals surface area contributed by atoms with Crippen LogP contribution in [0.25, 0.3) is 6.08 Å². The van der Waals surface area contributed by atoms with Crippen molar-refractivity contribution in [3.63, 3.8) is 0 Å². The molecule has 40 heavy (non-hydrogen) atoms. The van der Waals surface area contributed by atoms with Gasteiger partial charge in [0.2, 0.25) is 5.91 Å². The summed E-state index contributed by atoms with van der Waals surface area (Å²) in [6.45, 7) is 5.31. The molecule has 2 heterocycles. The molecular weight excluding hydrogens is 523 g/mol. The minimum atomic E-state index is -4.54. The summed E-state index contributed by atoms with van der Waals surface area (Å²) in [5, 5.41) is 5.30. The molecule has 1 aliphatic rings. The standard InChI is InChI=1S/C29H30F3N5O3/c1-40-17-16-36-12-14-37(15-13-36)25-9-10-26(33-20-25)35-27(38)11-8-21-4-2-7-24(18-21)34-28(39)22-5-3-6-23(19-22)29(30,31)32/h2-11,18-20H,12-17H2,1H3,(H,34,39)(H,33,35,38). The molecule has 0 bridgehead atoms. The van der Waals surface area contributed by atoms with Crippen LogP contribution < -0.4 is 15.5 Å². The summed E-state index contributed by atoms with van der Waals surface area (Å²) in [5.41, 5.74) is 0.970. The lowest BCUT2D eigenvalue weighted by Crippen LogP contribution is -2.47. The van der Waals surface area contributed by atoms with Gasteiger partial charge in [-0.05, 0) is 54.1 Å². The van der Waals surface area contributed by atoms with Gasteiger partial charge in [-0.1, -0.05) is 18.2 Å². The average Bonchev–Trinajstić information content (AvgIpc) is 2.95. The first-order valence-electron chi connectivity index (χ1n) is 12.7. The Morgan fingerprint density at radius 2 is 1.77 bits per heavy atom. The molecule has 0 unspecified atom stereocenters. The summed E-state index contributed by atoms with van der Waals surface area (Å²) < 4.78 is 44.0. The number of alkyl halides is 3. The van der Waals surface area contributed by atoms with E-state index in [-0.39, 0.29) is 11.5 Å². The number of rotatable bonds is 9. The molecule has 1 aliphatic heterocycles. The molecule has 2 amide bonds. The van der Waals surface area contributed by atoms with E-state index in [9.17, 15) is 22.8 Å². The highest BCUT2D eigenvalue weighted by molar-refractivity contribution is 6.05. The van der Waals surface area contributed by atoms with Crippen molar-refractivity contribution in [2.45, 2.75) is 6.18 Å². The van der Waals surface area contributed by atoms with Crippen LogP contribution in [0, 0.1) is 0 Å². The fraction of sp³-hybridized carbons (Fsp3) is 0.276. The normalized spacial score (nSPS) is 14.3. The van der Waals surface area contributed by atoms with Gasteiger partial charge >= 0.3 is 6.18 Å². The zero-order chi connectivity index (χ0) is 28.5. The van der Waals surface area contributed by atoms with Crippen molar-refractivity contribution in [1.29, 1.82) is 0 Å². The molecule has 3 aromatic rings. The highest BCUT2D eigenvalue weighted by atomic mass is 19.4. The Hall–Kier alpha value is -4.22. The van der Waals surface area contributed by atoms with Crippen LogP contribution in [0.2, 0.25) is 0 Å². The highest BCUT2D eigenvalue weighted by Crippen LogP contribution is 2.29. The van der Waals surface area contributed by atoms with Gasteiger partial charge in [0.25, 0.3) is 5.91 Å². The summed E-state index contributed by atoms with van der Waals surface area (Å²) in [5.74, 6) is -0.642. The Bertz CT molecular complexity index is 1340. The first kappa shape index (κ1) is 28.8. The number of aromatic nitrogens is 1. The number of carbonyl (C=O) groups is 2. The van der Waals surface area contributed by atoms with Crippen LogP contribution in [-0.2, 0) is 15.7 Å². The lowest BCUT2D eigenvalue weighted by atomic mass is 10.1. The molecule has 2 N–H and O–H groups in total. The zero-order valence-electron chi connectivity index (χ0n) is 21.9. The van der Waals surface area contributed by atoms with Crippen LogP contribution in [0.4, 0.5) is 30.4 Å². The smallest absolute Gasteiger partial charge is 0.383 e. The summed E-state index contributed by atoms with van der Waals surface area (Å²) in [6, 6.07) is 14.5. The minimum Gasteiger partial charge on any atom is -0.383 e. The second kappa shape index (κ2) is 13.2. The lowest BCUT2D eigenvalue weighted by Gasteiger charge is -2.35. The third kappa shape index (κ3) is 8.14. The first-order valence-corrected chi connectivity index (χ1v) is 12.7. The third-order valence-corrected chi connectivity index (χ3v) is 6.37. The number of halogens is 3. The average molecular weight is 554 g/mol. The fourth-order valence-corrected chi connectivity index (χ4v) is 4.20. The van der Waals surface area contributed by atoms with Crippen molar-refractivity contribution in [3.05, 3.63) is 89.6 Å². The number of carbonyl (C=O) groups excluding carboxylic acids is 2. The van der Waals surface area contributed by atoms with Crippen molar-refractivity contribution < 1.29 is 27.5 Å². The predicted octanol–water partition coefficient (Wildman–Crippen LogP) is 4.77. The molecule has 0 aliphatic carbocycles. The Labute approximate surface area is 230 Å². The maximum Gasteiger partial charge on any atom is 0.416 e. The summed E-state index contributed by atoms with van der Waals surface area (Å²) in [4.78, 5) is 33.9. The van der Waals surface area contributed by atoms with Crippen LogP contribution in [0.15, 0.2) is 72.9 Å². The Kier molecular flexibility index (Phi) is 9.52. The van der Waals surface area contributed by atoms with Crippen molar-refractivity contribution in [1.82, 2.24) is 9.88 Å². The fourth-order valence-electron chi connectivity index (χ4n) is 4.20. The molecule has 8 nitrogen and oxygen atoms in total. The van der Waals surface area contributed by atoms with Gasteiger partial charge in [0.05, 0.1) is 24.1 Å². The lowest BCUT2D eigenvalue weighted by molar-refractivity contribution is -0.137. The largest absolute Gasteiger partial charge is 0.416 e. The third-order valence-electron chi connectivity index (χ3n) is 6.37. The van der Waals surface area contributed by atoms with E-state index in [1.807, 2.05) is 6.07 Å². The maximum atomic E-state index is 13.0. The molecule has 0 atom stereocenters. The van der Waals surface area contributed by atoms with Gasteiger partial charge in [-0.15, -0.1) is 0 Å². The zero-order valence-corrected chi connectivity index (χ0v) is 21.9. The van der Waals surface area contributed by atoms with Crippen molar-refractivity contribution in [2.75, 3.05) is 62.0 Å². The van der Waals surface area contributed by atoms with Crippen LogP contribution in [0.5, 0.6) is 0 Å². The first-order chi connectivity index (χ1) is 19.2. The molecular formula is C29H30F3N5O3. The second-order valence-electron chi connectivity index (χ2n) is 9.20. The number of benzene rings is 2. The predicted molar refractivity (Wildman–Crippen MR) is 148 cm³/mol. The second-order valence-corrected chi connectivity index (χ2v) is 9.20. The summed E-state index contributed by atoms with van der Waals surface area (Å²) in [6.07, 6.45) is 0.0924. The van der Waals surface area contributed by atoms with E-state index in [2.05, 4.69) is 25.4 Å². The van der Waals surface area contributed by atoms with Crippen LogP contribution in [0.1, 0.15) is 21.5 Å². The van der Waals surface area contributed by atoms with Gasteiger partial charge < -0.3 is 20.3 Å². The van der Waals surface area contributed by atoms with E-state index >= 15 is 0 Å². The van der Waals surface area contributed by atoms with Gasteiger partial charge in [0, 0.05) is 57.2 Å². The van der Waals surface area contributed by atoms with E-state index in [1.165, 1.54) is 18.2 Å². The number of anilines is 3. The van der Waals surface area contributed by atoms with Crippen molar-refractivity contribution in [2.24, 2.45) is 0 Å². The van der Waals surface area contributed by atoms with Crippen LogP contribution in [-0.4, -0.2) is 68.1 Å². The topological polar surface area (TPSA) is 86.8 Å². The van der Waals surface area contributed by atoms with Gasteiger partial charge in [-0.2, -0.15) is 13.2 Å². The van der Waals surface area contributed by atoms with E-state index in [4.69, 9.17) is 4.74 Å². The number of hydrogen-bond acceptors (Lipinski definition) is 6. The molecule has 0 radical (unpaired) electrons. The van der Waals surface area contributed by atoms with Crippen LogP contribution >= 0.6 is 0 Å². The summed E-state index contributed by atoms with van der Waals surface area (Å²) in [7, 11) is 1.70. The van der Waals surface area contributed by atoms with Crippen LogP contribution in [0.3, 0.4) is 0 Å². The number of hydrogen-bond donors (Lipinski definition) is 2. The number of nitrogens with zero attached hydrogens (tertiary/aromatic N) is 3. The van der Waals surface area contributed by atoms with E-state index in [1.54, 1.807) is 49.7 Å². The number of amides is 2. The molecule has 4 rings (SSSR count). The molecule has 11 heteroatoms. The number of ether oxygens (including phenoxy) is 1. The Balaban J connectivity index is 1.29. The van der Waals surface area contributed by atoms with Gasteiger partial charge in [0.15, 0.2) is 0 Å². The molecule has 0 saturated carbocycles. The van der Waals surface area contributed by atoms with Crippen molar-refractivity contribution >= 4 is 35.1 Å². The molecule has 2 aromatic carbocycles. The molecule has 210 valence electrons. The van der Waals surface area contributed by atoms with E-state index < -0.39 is 17.6 Å². The Morgan fingerprint density at radius 3 is 2.48 bits per heavy atom. The molecule has 1 saturated heterocycles. The molecule has 1 aromatic heterocycles. The van der Waals surface area contributed by atoms with Gasteiger partial charge in [-0.3, -0.25) is 14.5 Å². The summed E-state index contributed by atoms with van der Waals surface area (Å²) >= 11 is 0. The van der Waals surface area contributed by atoms with Gasteiger partial charge in [0.1, 0.15) is 5.82 Å². The highest BCUT2D eigenvalue weighted by Gasteiger charge is 2.30.